The van der Waals surface area contributed by atoms with Crippen molar-refractivity contribution in [2.24, 2.45) is 4.99 Å². The van der Waals surface area contributed by atoms with Crippen molar-refractivity contribution >= 4 is 23.4 Å². The molecular formula is C39H38N4O5S. The highest BCUT2D eigenvalue weighted by Gasteiger charge is 2.33. The van der Waals surface area contributed by atoms with Gasteiger partial charge in [-0.3, -0.25) is 9.36 Å². The van der Waals surface area contributed by atoms with Gasteiger partial charge < -0.3 is 14.2 Å². The zero-order chi connectivity index (χ0) is 34.5. The van der Waals surface area contributed by atoms with Crippen LogP contribution < -0.4 is 24.4 Å². The number of thiazole rings is 1. The van der Waals surface area contributed by atoms with E-state index in [4.69, 9.17) is 24.3 Å². The SMILES string of the molecule is C=CCOC(=O)C1=C(C)N=c2s/c(=C\c3cn(-c4ccccc4)nc3-c3ccc(OCCCC)c(C)c3)c(=O)n2C1c1ccc(OC)cc1. The van der Waals surface area contributed by atoms with Crippen molar-refractivity contribution in [3.05, 3.63) is 139 Å². The quantitative estimate of drug-likeness (QED) is 0.0874. The number of ether oxygens (including phenoxy) is 3. The highest BCUT2D eigenvalue weighted by molar-refractivity contribution is 7.07. The molecule has 1 aliphatic rings. The maximum Gasteiger partial charge on any atom is 0.338 e. The number of hydrogen-bond acceptors (Lipinski definition) is 8. The predicted octanol–water partition coefficient (Wildman–Crippen LogP) is 6.31. The van der Waals surface area contributed by atoms with Crippen LogP contribution in [-0.4, -0.2) is 40.6 Å². The van der Waals surface area contributed by atoms with E-state index >= 15 is 0 Å². The molecule has 0 fully saturated rings. The number of hydrogen-bond donors (Lipinski definition) is 0. The second-order valence-electron chi connectivity index (χ2n) is 11.6. The number of rotatable bonds is 12. The average molecular weight is 675 g/mol. The first-order valence-electron chi connectivity index (χ1n) is 16.2. The summed E-state index contributed by atoms with van der Waals surface area (Å²) in [5.74, 6) is 0.942. The van der Waals surface area contributed by atoms with E-state index < -0.39 is 12.0 Å². The second-order valence-corrected chi connectivity index (χ2v) is 12.6. The Labute approximate surface area is 288 Å². The molecule has 9 nitrogen and oxygen atoms in total. The number of unbranched alkanes of at least 4 members (excludes halogenated alkanes) is 1. The topological polar surface area (TPSA) is 96.9 Å². The fourth-order valence-corrected chi connectivity index (χ4v) is 6.79. The van der Waals surface area contributed by atoms with Crippen LogP contribution in [0.2, 0.25) is 0 Å². The maximum atomic E-state index is 14.4. The van der Waals surface area contributed by atoms with Crippen LogP contribution in [0.1, 0.15) is 49.4 Å². The summed E-state index contributed by atoms with van der Waals surface area (Å²) in [7, 11) is 1.59. The standard InChI is InChI=1S/C39H38N4O5S/c1-6-8-21-47-32-19-16-28(22-25(32)3)35-29(24-42(41-35)30-12-10-9-11-13-30)23-33-37(44)43-36(27-14-17-31(46-5)18-15-27)34(38(45)48-20-7-2)26(4)40-39(43)49-33/h7,9-19,22-24,36H,2,6,8,20-21H2,1,3-5H3/b33-23-. The van der Waals surface area contributed by atoms with Gasteiger partial charge in [0.1, 0.15) is 23.8 Å². The van der Waals surface area contributed by atoms with E-state index in [1.165, 1.54) is 17.4 Å². The molecule has 2 aromatic heterocycles. The number of carbonyl (C=O) groups excluding carboxylic acids is 1. The summed E-state index contributed by atoms with van der Waals surface area (Å²) in [5.41, 5.74) is 5.48. The average Bonchev–Trinajstić information content (AvgIpc) is 3.68. The Morgan fingerprint density at radius 2 is 1.84 bits per heavy atom. The predicted molar refractivity (Wildman–Crippen MR) is 192 cm³/mol. The summed E-state index contributed by atoms with van der Waals surface area (Å²) >= 11 is 1.27. The number of allylic oxidation sites excluding steroid dienone is 1. The van der Waals surface area contributed by atoms with E-state index in [-0.39, 0.29) is 12.2 Å². The zero-order valence-electron chi connectivity index (χ0n) is 28.0. The Morgan fingerprint density at radius 3 is 2.53 bits per heavy atom. The number of methoxy groups -OCH3 is 1. The summed E-state index contributed by atoms with van der Waals surface area (Å²) in [6, 6.07) is 22.4. The molecule has 10 heteroatoms. The number of aromatic nitrogens is 3. The van der Waals surface area contributed by atoms with Crippen LogP contribution in [0.5, 0.6) is 11.5 Å². The highest BCUT2D eigenvalue weighted by Crippen LogP contribution is 2.32. The number of nitrogens with zero attached hydrogens (tertiary/aromatic N) is 4. The maximum absolute atomic E-state index is 14.4. The molecule has 1 aliphatic heterocycles. The van der Waals surface area contributed by atoms with Crippen molar-refractivity contribution in [3.63, 3.8) is 0 Å². The molecule has 0 aliphatic carbocycles. The number of aryl methyl sites for hydroxylation is 1. The lowest BCUT2D eigenvalue weighted by Crippen LogP contribution is -2.39. The fourth-order valence-electron chi connectivity index (χ4n) is 5.75. The van der Waals surface area contributed by atoms with E-state index in [2.05, 4.69) is 19.6 Å². The summed E-state index contributed by atoms with van der Waals surface area (Å²) in [5, 5.41) is 4.99. The summed E-state index contributed by atoms with van der Waals surface area (Å²) in [6.45, 7) is 10.3. The molecule has 0 bridgehead atoms. The molecule has 0 spiro atoms. The van der Waals surface area contributed by atoms with Crippen LogP contribution in [0.3, 0.4) is 0 Å². The monoisotopic (exact) mass is 674 g/mol. The zero-order valence-corrected chi connectivity index (χ0v) is 28.8. The molecule has 1 atom stereocenters. The molecule has 3 heterocycles. The van der Waals surface area contributed by atoms with Gasteiger partial charge in [0.25, 0.3) is 5.56 Å². The third-order valence-corrected chi connectivity index (χ3v) is 9.24. The van der Waals surface area contributed by atoms with Crippen molar-refractivity contribution in [3.8, 4) is 28.4 Å². The van der Waals surface area contributed by atoms with Crippen LogP contribution in [0.4, 0.5) is 0 Å². The second kappa shape index (κ2) is 14.7. The van der Waals surface area contributed by atoms with Gasteiger partial charge in [-0.25, -0.2) is 14.5 Å². The lowest BCUT2D eigenvalue weighted by atomic mass is 9.96. The van der Waals surface area contributed by atoms with Crippen LogP contribution in [0, 0.1) is 6.92 Å². The smallest absolute Gasteiger partial charge is 0.338 e. The van der Waals surface area contributed by atoms with Gasteiger partial charge in [0.15, 0.2) is 4.80 Å². The van der Waals surface area contributed by atoms with E-state index in [9.17, 15) is 9.59 Å². The Hall–Kier alpha value is -5.48. The van der Waals surface area contributed by atoms with Gasteiger partial charge in [-0.15, -0.1) is 0 Å². The number of carbonyl (C=O) groups is 1. The van der Waals surface area contributed by atoms with Crippen LogP contribution in [-0.2, 0) is 9.53 Å². The molecule has 5 aromatic rings. The molecule has 250 valence electrons. The van der Waals surface area contributed by atoms with Gasteiger partial charge >= 0.3 is 5.97 Å². The molecular weight excluding hydrogens is 637 g/mol. The van der Waals surface area contributed by atoms with E-state index in [0.29, 0.717) is 33.0 Å². The van der Waals surface area contributed by atoms with E-state index in [0.717, 1.165) is 52.2 Å². The van der Waals surface area contributed by atoms with Gasteiger partial charge in [0, 0.05) is 17.3 Å². The lowest BCUT2D eigenvalue weighted by molar-refractivity contribution is -0.138. The van der Waals surface area contributed by atoms with E-state index in [1.807, 2.05) is 78.5 Å². The first-order chi connectivity index (χ1) is 23.8. The molecule has 1 unspecified atom stereocenters. The van der Waals surface area contributed by atoms with Crippen molar-refractivity contribution in [2.75, 3.05) is 20.3 Å². The van der Waals surface area contributed by atoms with Gasteiger partial charge in [0.2, 0.25) is 0 Å². The Bertz CT molecular complexity index is 2210. The molecule has 6 rings (SSSR count). The first kappa shape index (κ1) is 33.4. The summed E-state index contributed by atoms with van der Waals surface area (Å²) in [4.78, 5) is 33.0. The van der Waals surface area contributed by atoms with Crippen molar-refractivity contribution in [2.45, 2.75) is 39.7 Å². The minimum absolute atomic E-state index is 0.0366. The molecule has 0 saturated carbocycles. The number of fused-ring (bicyclic) bond motifs is 1. The molecule has 3 aromatic carbocycles. The Morgan fingerprint density at radius 1 is 1.06 bits per heavy atom. The molecule has 0 N–H and O–H groups in total. The van der Waals surface area contributed by atoms with Gasteiger partial charge in [-0.2, -0.15) is 5.10 Å². The summed E-state index contributed by atoms with van der Waals surface area (Å²) in [6.07, 6.45) is 7.33. The number of benzene rings is 3. The normalized spacial score (nSPS) is 14.3. The van der Waals surface area contributed by atoms with Crippen LogP contribution >= 0.6 is 11.3 Å². The van der Waals surface area contributed by atoms with Crippen LogP contribution in [0.25, 0.3) is 23.0 Å². The summed E-state index contributed by atoms with van der Waals surface area (Å²) < 4.78 is 20.7. The minimum Gasteiger partial charge on any atom is -0.497 e. The van der Waals surface area contributed by atoms with E-state index in [1.54, 1.807) is 30.7 Å². The first-order valence-corrected chi connectivity index (χ1v) is 17.0. The van der Waals surface area contributed by atoms with Gasteiger partial charge in [0.05, 0.1) is 41.2 Å². The van der Waals surface area contributed by atoms with Gasteiger partial charge in [-0.05, 0) is 79.9 Å². The lowest BCUT2D eigenvalue weighted by Gasteiger charge is -2.24. The van der Waals surface area contributed by atoms with Crippen molar-refractivity contribution in [1.29, 1.82) is 0 Å². The Kier molecular flexibility index (Phi) is 10.1. The fraction of sp³-hybridized carbons (Fsp3) is 0.231. The van der Waals surface area contributed by atoms with Crippen molar-refractivity contribution < 1.29 is 19.0 Å². The third kappa shape index (κ3) is 6.91. The molecule has 0 saturated heterocycles. The molecule has 49 heavy (non-hydrogen) atoms. The molecule has 0 radical (unpaired) electrons. The Balaban J connectivity index is 1.50. The minimum atomic E-state index is -0.754. The highest BCUT2D eigenvalue weighted by atomic mass is 32.1. The number of para-hydroxylation sites is 1. The number of esters is 1. The molecule has 0 amide bonds. The third-order valence-electron chi connectivity index (χ3n) is 8.26. The van der Waals surface area contributed by atoms with Crippen LogP contribution in [0.15, 0.2) is 113 Å². The van der Waals surface area contributed by atoms with Gasteiger partial charge in [-0.1, -0.05) is 67.7 Å². The largest absolute Gasteiger partial charge is 0.497 e. The van der Waals surface area contributed by atoms with Crippen molar-refractivity contribution in [1.82, 2.24) is 14.3 Å².